The number of anilines is 1. The fraction of sp³-hybridized carbons (Fsp3) is 0.462. The van der Waals surface area contributed by atoms with Crippen LogP contribution in [0.25, 0.3) is 0 Å². The van der Waals surface area contributed by atoms with Crippen molar-refractivity contribution in [3.05, 3.63) is 18.2 Å². The number of hydrogen-bond acceptors (Lipinski definition) is 5. The van der Waals surface area contributed by atoms with Gasteiger partial charge in [0.25, 0.3) is 0 Å². The van der Waals surface area contributed by atoms with Crippen molar-refractivity contribution in [3.8, 4) is 5.75 Å². The Balaban J connectivity index is 2.49. The van der Waals surface area contributed by atoms with Crippen LogP contribution < -0.4 is 15.8 Å². The maximum atomic E-state index is 12.8. The zero-order valence-corrected chi connectivity index (χ0v) is 13.0. The fourth-order valence-corrected chi connectivity index (χ4v) is 4.05. The highest BCUT2D eigenvalue weighted by atomic mass is 32.2. The van der Waals surface area contributed by atoms with E-state index in [-0.39, 0.29) is 29.6 Å². The molecule has 0 radical (unpaired) electrons. The second kappa shape index (κ2) is 5.19. The number of ether oxygens (including phenoxy) is 1. The largest absolute Gasteiger partial charge is 0.495 e. The van der Waals surface area contributed by atoms with Gasteiger partial charge in [0.05, 0.1) is 17.7 Å². The van der Waals surface area contributed by atoms with Gasteiger partial charge >= 0.3 is 0 Å². The van der Waals surface area contributed by atoms with Crippen LogP contribution in [0.15, 0.2) is 23.1 Å². The minimum Gasteiger partial charge on any atom is -0.495 e. The maximum absolute atomic E-state index is 12.8. The number of nitrogens with one attached hydrogen (secondary N) is 1. The van der Waals surface area contributed by atoms with Crippen LogP contribution >= 0.6 is 0 Å². The van der Waals surface area contributed by atoms with Crippen LogP contribution in [-0.2, 0) is 14.8 Å². The summed E-state index contributed by atoms with van der Waals surface area (Å²) in [5.41, 5.74) is 4.91. The Labute approximate surface area is 124 Å². The Bertz CT molecular complexity index is 670. The molecule has 1 aromatic rings. The van der Waals surface area contributed by atoms with Crippen molar-refractivity contribution < 1.29 is 17.9 Å². The van der Waals surface area contributed by atoms with E-state index in [2.05, 4.69) is 5.32 Å². The van der Waals surface area contributed by atoms with E-state index >= 15 is 0 Å². The third-order valence-corrected chi connectivity index (χ3v) is 5.64. The van der Waals surface area contributed by atoms with Gasteiger partial charge in [-0.1, -0.05) is 0 Å². The average molecular weight is 313 g/mol. The molecule has 8 heteroatoms. The van der Waals surface area contributed by atoms with Crippen molar-refractivity contribution in [3.63, 3.8) is 0 Å². The zero-order chi connectivity index (χ0) is 15.8. The van der Waals surface area contributed by atoms with Crippen LogP contribution in [0.4, 0.5) is 5.69 Å². The Kier molecular flexibility index (Phi) is 3.85. The zero-order valence-electron chi connectivity index (χ0n) is 12.2. The molecule has 3 N–H and O–H groups in total. The maximum Gasteiger partial charge on any atom is 0.244 e. The number of nitrogens with zero attached hydrogens (tertiary/aromatic N) is 1. The number of hydrogen-bond donors (Lipinski definition) is 2. The number of amides is 1. The number of methoxy groups -OCH3 is 1. The second-order valence-corrected chi connectivity index (χ2v) is 7.16. The lowest BCUT2D eigenvalue weighted by atomic mass is 10.0. The molecule has 1 aromatic carbocycles. The molecule has 21 heavy (non-hydrogen) atoms. The highest BCUT2D eigenvalue weighted by molar-refractivity contribution is 7.89. The van der Waals surface area contributed by atoms with Crippen LogP contribution in [-0.4, -0.2) is 44.4 Å². The molecule has 0 saturated carbocycles. The van der Waals surface area contributed by atoms with Gasteiger partial charge in [0.1, 0.15) is 11.3 Å². The quantitative estimate of drug-likeness (QED) is 0.775. The summed E-state index contributed by atoms with van der Waals surface area (Å²) in [5, 5.41) is 2.67. The molecule has 0 spiro atoms. The standard InChI is InChI=1S/C13H19N3O4S/c1-13(2)12(17)15-6-7-16(13)21(18,19)9-4-5-10(14)11(8-9)20-3/h4-5,8H,6-7,14H2,1-3H3,(H,15,17). The lowest BCUT2D eigenvalue weighted by molar-refractivity contribution is -0.131. The van der Waals surface area contributed by atoms with Crippen molar-refractivity contribution in [1.82, 2.24) is 9.62 Å². The molecule has 0 aliphatic carbocycles. The summed E-state index contributed by atoms with van der Waals surface area (Å²) in [6.45, 7) is 3.66. The third kappa shape index (κ3) is 2.56. The summed E-state index contributed by atoms with van der Waals surface area (Å²) < 4.78 is 31.8. The first-order chi connectivity index (χ1) is 9.71. The number of carbonyl (C=O) groups is 1. The number of piperazine rings is 1. The average Bonchev–Trinajstić information content (AvgIpc) is 2.41. The molecule has 1 saturated heterocycles. The molecule has 1 aliphatic rings. The Morgan fingerprint density at radius 1 is 1.38 bits per heavy atom. The lowest BCUT2D eigenvalue weighted by Crippen LogP contribution is -2.63. The molecule has 7 nitrogen and oxygen atoms in total. The highest BCUT2D eigenvalue weighted by Crippen LogP contribution is 2.30. The van der Waals surface area contributed by atoms with E-state index in [1.807, 2.05) is 0 Å². The molecular formula is C13H19N3O4S. The minimum absolute atomic E-state index is 0.0522. The highest BCUT2D eigenvalue weighted by Gasteiger charge is 2.44. The van der Waals surface area contributed by atoms with E-state index in [1.165, 1.54) is 29.6 Å². The summed E-state index contributed by atoms with van der Waals surface area (Å²) in [6.07, 6.45) is 0. The van der Waals surface area contributed by atoms with Crippen molar-refractivity contribution in [1.29, 1.82) is 0 Å². The van der Waals surface area contributed by atoms with E-state index in [0.717, 1.165) is 0 Å². The summed E-state index contributed by atoms with van der Waals surface area (Å²) in [6, 6.07) is 4.26. The monoisotopic (exact) mass is 313 g/mol. The van der Waals surface area contributed by atoms with Crippen LogP contribution in [0.3, 0.4) is 0 Å². The first-order valence-electron chi connectivity index (χ1n) is 6.46. The molecule has 1 aliphatic heterocycles. The van der Waals surface area contributed by atoms with Gasteiger partial charge in [-0.15, -0.1) is 0 Å². The van der Waals surface area contributed by atoms with E-state index in [9.17, 15) is 13.2 Å². The van der Waals surface area contributed by atoms with Crippen molar-refractivity contribution in [2.45, 2.75) is 24.3 Å². The van der Waals surface area contributed by atoms with Gasteiger partial charge in [-0.2, -0.15) is 4.31 Å². The molecule has 0 unspecified atom stereocenters. The fourth-order valence-electron chi connectivity index (χ4n) is 2.28. The van der Waals surface area contributed by atoms with E-state index < -0.39 is 15.6 Å². The molecule has 2 rings (SSSR count). The molecule has 0 atom stereocenters. The van der Waals surface area contributed by atoms with E-state index in [0.29, 0.717) is 5.69 Å². The normalized spacial score (nSPS) is 19.1. The molecule has 0 aromatic heterocycles. The predicted octanol–water partition coefficient (Wildman–Crippen LogP) is 0.177. The van der Waals surface area contributed by atoms with Gasteiger partial charge in [0.2, 0.25) is 15.9 Å². The Morgan fingerprint density at radius 3 is 2.67 bits per heavy atom. The minimum atomic E-state index is -3.81. The number of carbonyl (C=O) groups excluding carboxylic acids is 1. The van der Waals surface area contributed by atoms with Crippen LogP contribution in [0.5, 0.6) is 5.75 Å². The lowest BCUT2D eigenvalue weighted by Gasteiger charge is -2.39. The third-order valence-electron chi connectivity index (χ3n) is 3.57. The molecular weight excluding hydrogens is 294 g/mol. The van der Waals surface area contributed by atoms with Gasteiger partial charge in [0, 0.05) is 19.2 Å². The Morgan fingerprint density at radius 2 is 2.05 bits per heavy atom. The SMILES string of the molecule is COc1cc(S(=O)(=O)N2CCNC(=O)C2(C)C)ccc1N. The van der Waals surface area contributed by atoms with E-state index in [4.69, 9.17) is 10.5 Å². The first-order valence-corrected chi connectivity index (χ1v) is 7.90. The van der Waals surface area contributed by atoms with Crippen LogP contribution in [0.2, 0.25) is 0 Å². The number of benzene rings is 1. The van der Waals surface area contributed by atoms with E-state index in [1.54, 1.807) is 13.8 Å². The summed E-state index contributed by atoms with van der Waals surface area (Å²) in [5.74, 6) is -0.0323. The molecule has 1 amide bonds. The smallest absolute Gasteiger partial charge is 0.244 e. The molecule has 116 valence electrons. The van der Waals surface area contributed by atoms with Crippen molar-refractivity contribution >= 4 is 21.6 Å². The van der Waals surface area contributed by atoms with Gasteiger partial charge < -0.3 is 15.8 Å². The first kappa shape index (κ1) is 15.6. The molecule has 1 heterocycles. The molecule has 0 bridgehead atoms. The van der Waals surface area contributed by atoms with Crippen LogP contribution in [0.1, 0.15) is 13.8 Å². The summed E-state index contributed by atoms with van der Waals surface area (Å²) in [4.78, 5) is 12.0. The van der Waals surface area contributed by atoms with Gasteiger partial charge in [-0.3, -0.25) is 4.79 Å². The van der Waals surface area contributed by atoms with Crippen molar-refractivity contribution in [2.75, 3.05) is 25.9 Å². The number of rotatable bonds is 3. The number of sulfonamides is 1. The topological polar surface area (TPSA) is 102 Å². The van der Waals surface area contributed by atoms with Gasteiger partial charge in [-0.05, 0) is 26.0 Å². The number of nitrogens with two attached hydrogens (primary N) is 1. The second-order valence-electron chi connectivity index (χ2n) is 5.30. The van der Waals surface area contributed by atoms with Crippen molar-refractivity contribution in [2.24, 2.45) is 0 Å². The summed E-state index contributed by atoms with van der Waals surface area (Å²) >= 11 is 0. The van der Waals surface area contributed by atoms with Gasteiger partial charge in [-0.25, -0.2) is 8.42 Å². The predicted molar refractivity (Wildman–Crippen MR) is 78.4 cm³/mol. The summed E-state index contributed by atoms with van der Waals surface area (Å²) in [7, 11) is -2.40. The Hall–Kier alpha value is -1.80. The number of nitrogen functional groups attached to an aromatic ring is 1. The molecule has 1 fully saturated rings. The van der Waals surface area contributed by atoms with Gasteiger partial charge in [0.15, 0.2) is 0 Å². The van der Waals surface area contributed by atoms with Crippen LogP contribution in [0, 0.1) is 0 Å².